The zero-order chi connectivity index (χ0) is 21.6. The molecule has 0 aliphatic carbocycles. The summed E-state index contributed by atoms with van der Waals surface area (Å²) in [7, 11) is 1.69. The molecule has 1 aromatic heterocycles. The number of amides is 1. The zero-order valence-electron chi connectivity index (χ0n) is 17.5. The van der Waals surface area contributed by atoms with Gasteiger partial charge in [-0.3, -0.25) is 9.69 Å². The second kappa shape index (κ2) is 9.90. The summed E-state index contributed by atoms with van der Waals surface area (Å²) >= 11 is 5.93. The number of anilines is 1. The summed E-state index contributed by atoms with van der Waals surface area (Å²) in [5, 5.41) is 3.64. The molecule has 1 saturated heterocycles. The summed E-state index contributed by atoms with van der Waals surface area (Å²) in [5.41, 5.74) is 2.05. The average molecular weight is 440 g/mol. The quantitative estimate of drug-likeness (QED) is 0.602. The van der Waals surface area contributed by atoms with E-state index in [4.69, 9.17) is 20.8 Å². The molecule has 1 N–H and O–H groups in total. The highest BCUT2D eigenvalue weighted by molar-refractivity contribution is 6.30. The van der Waals surface area contributed by atoms with E-state index in [2.05, 4.69) is 21.2 Å². The van der Waals surface area contributed by atoms with Gasteiger partial charge < -0.3 is 19.4 Å². The van der Waals surface area contributed by atoms with Gasteiger partial charge in [0.15, 0.2) is 0 Å². The number of carbonyl (C=O) groups is 1. The van der Waals surface area contributed by atoms with E-state index in [1.807, 2.05) is 54.6 Å². The predicted molar refractivity (Wildman–Crippen MR) is 123 cm³/mol. The molecule has 0 spiro atoms. The lowest BCUT2D eigenvalue weighted by Gasteiger charge is -2.36. The van der Waals surface area contributed by atoms with E-state index in [-0.39, 0.29) is 5.91 Å². The van der Waals surface area contributed by atoms with Gasteiger partial charge in [0.2, 0.25) is 5.91 Å². The van der Waals surface area contributed by atoms with Gasteiger partial charge in [0, 0.05) is 36.8 Å². The molecule has 31 heavy (non-hydrogen) atoms. The Morgan fingerprint density at radius 2 is 1.77 bits per heavy atom. The summed E-state index contributed by atoms with van der Waals surface area (Å²) in [6.07, 6.45) is 0. The van der Waals surface area contributed by atoms with Crippen molar-refractivity contribution in [3.63, 3.8) is 0 Å². The number of halogens is 1. The lowest BCUT2D eigenvalue weighted by Crippen LogP contribution is -2.49. The minimum absolute atomic E-state index is 0.00446. The fourth-order valence-corrected chi connectivity index (χ4v) is 3.85. The van der Waals surface area contributed by atoms with E-state index in [9.17, 15) is 4.79 Å². The maximum absolute atomic E-state index is 12.4. The molecule has 1 fully saturated rings. The molecule has 1 aliphatic heterocycles. The van der Waals surface area contributed by atoms with Crippen molar-refractivity contribution in [3.8, 4) is 17.1 Å². The predicted octanol–water partition coefficient (Wildman–Crippen LogP) is 4.05. The zero-order valence-corrected chi connectivity index (χ0v) is 18.3. The average Bonchev–Trinajstić information content (AvgIpc) is 3.28. The summed E-state index contributed by atoms with van der Waals surface area (Å²) < 4.78 is 11.3. The molecular weight excluding hydrogens is 414 g/mol. The highest BCUT2D eigenvalue weighted by atomic mass is 35.5. The Morgan fingerprint density at radius 1 is 1.03 bits per heavy atom. The molecule has 1 amide bonds. The molecule has 7 heteroatoms. The van der Waals surface area contributed by atoms with Crippen molar-refractivity contribution in [1.29, 1.82) is 0 Å². The fraction of sp³-hybridized carbons (Fsp3) is 0.292. The minimum atomic E-state index is -0.00446. The Morgan fingerprint density at radius 3 is 2.52 bits per heavy atom. The number of hydrogen-bond donors (Lipinski definition) is 1. The highest BCUT2D eigenvalue weighted by Gasteiger charge is 2.21. The minimum Gasteiger partial charge on any atom is -0.495 e. The van der Waals surface area contributed by atoms with E-state index >= 15 is 0 Å². The van der Waals surface area contributed by atoms with Gasteiger partial charge in [0.1, 0.15) is 17.3 Å². The van der Waals surface area contributed by atoms with Crippen LogP contribution in [0.2, 0.25) is 5.02 Å². The first kappa shape index (κ1) is 21.3. The molecule has 2 aromatic carbocycles. The number of ether oxygens (including phenoxy) is 1. The van der Waals surface area contributed by atoms with Crippen LogP contribution in [0.3, 0.4) is 0 Å². The van der Waals surface area contributed by atoms with Crippen LogP contribution < -0.4 is 15.0 Å². The van der Waals surface area contributed by atoms with Crippen molar-refractivity contribution < 1.29 is 13.9 Å². The number of carbonyl (C=O) groups excluding carboxylic acids is 1. The summed E-state index contributed by atoms with van der Waals surface area (Å²) in [4.78, 5) is 16.9. The van der Waals surface area contributed by atoms with Gasteiger partial charge in [-0.15, -0.1) is 0 Å². The summed E-state index contributed by atoms with van der Waals surface area (Å²) in [6.45, 7) is 4.12. The third kappa shape index (κ3) is 5.40. The lowest BCUT2D eigenvalue weighted by molar-refractivity contribution is -0.122. The summed E-state index contributed by atoms with van der Waals surface area (Å²) in [5.74, 6) is 2.35. The van der Waals surface area contributed by atoms with Crippen molar-refractivity contribution in [2.24, 2.45) is 0 Å². The lowest BCUT2D eigenvalue weighted by atomic mass is 10.2. The van der Waals surface area contributed by atoms with Crippen LogP contribution >= 0.6 is 11.6 Å². The number of rotatable bonds is 7. The maximum Gasteiger partial charge on any atom is 0.234 e. The van der Waals surface area contributed by atoms with Gasteiger partial charge in [-0.25, -0.2) is 0 Å². The molecule has 0 bridgehead atoms. The third-order valence-corrected chi connectivity index (χ3v) is 5.67. The van der Waals surface area contributed by atoms with E-state index in [1.54, 1.807) is 7.11 Å². The monoisotopic (exact) mass is 439 g/mol. The van der Waals surface area contributed by atoms with Crippen LogP contribution in [0, 0.1) is 0 Å². The molecule has 2 heterocycles. The molecule has 162 valence electrons. The number of benzene rings is 2. The maximum atomic E-state index is 12.4. The number of furan rings is 1. The van der Waals surface area contributed by atoms with Crippen LogP contribution in [-0.2, 0) is 11.3 Å². The van der Waals surface area contributed by atoms with E-state index < -0.39 is 0 Å². The van der Waals surface area contributed by atoms with Crippen molar-refractivity contribution >= 4 is 23.2 Å². The third-order valence-electron chi connectivity index (χ3n) is 5.42. The van der Waals surface area contributed by atoms with Gasteiger partial charge >= 0.3 is 0 Å². The Balaban J connectivity index is 1.23. The number of para-hydroxylation sites is 2. The number of methoxy groups -OCH3 is 1. The van der Waals surface area contributed by atoms with Crippen LogP contribution in [0.5, 0.6) is 5.75 Å². The van der Waals surface area contributed by atoms with Crippen LogP contribution in [-0.4, -0.2) is 50.6 Å². The van der Waals surface area contributed by atoms with Crippen LogP contribution in [0.15, 0.2) is 65.1 Å². The first-order valence-corrected chi connectivity index (χ1v) is 10.7. The van der Waals surface area contributed by atoms with Crippen molar-refractivity contribution in [3.05, 3.63) is 71.4 Å². The van der Waals surface area contributed by atoms with Gasteiger partial charge in [-0.05, 0) is 48.5 Å². The van der Waals surface area contributed by atoms with E-state index in [1.165, 1.54) is 0 Å². The molecular formula is C24H26ClN3O3. The van der Waals surface area contributed by atoms with Crippen LogP contribution in [0.1, 0.15) is 5.76 Å². The first-order chi connectivity index (χ1) is 15.1. The van der Waals surface area contributed by atoms with Crippen LogP contribution in [0.4, 0.5) is 5.69 Å². The largest absolute Gasteiger partial charge is 0.495 e. The van der Waals surface area contributed by atoms with Crippen molar-refractivity contribution in [1.82, 2.24) is 10.2 Å². The van der Waals surface area contributed by atoms with E-state index in [0.717, 1.165) is 54.7 Å². The standard InChI is InChI=1S/C24H26ClN3O3/c1-30-23-5-3-2-4-21(23)28-14-12-27(13-15-28)17-24(29)26-16-20-10-11-22(31-20)18-6-8-19(25)9-7-18/h2-11H,12-17H2,1H3,(H,26,29). The first-order valence-electron chi connectivity index (χ1n) is 10.3. The SMILES string of the molecule is COc1ccccc1N1CCN(CC(=O)NCc2ccc(-c3ccc(Cl)cc3)o2)CC1. The second-order valence-electron chi connectivity index (χ2n) is 7.48. The highest BCUT2D eigenvalue weighted by Crippen LogP contribution is 2.28. The Hall–Kier alpha value is -2.96. The molecule has 0 saturated carbocycles. The fourth-order valence-electron chi connectivity index (χ4n) is 3.72. The molecule has 1 aliphatic rings. The van der Waals surface area contributed by atoms with Gasteiger partial charge in [0.05, 0.1) is 25.9 Å². The van der Waals surface area contributed by atoms with Crippen LogP contribution in [0.25, 0.3) is 11.3 Å². The molecule has 3 aromatic rings. The van der Waals surface area contributed by atoms with Crippen molar-refractivity contribution in [2.75, 3.05) is 44.7 Å². The Labute approximate surface area is 187 Å². The number of nitrogens with one attached hydrogen (secondary N) is 1. The normalized spacial score (nSPS) is 14.5. The number of hydrogen-bond acceptors (Lipinski definition) is 5. The second-order valence-corrected chi connectivity index (χ2v) is 7.92. The molecule has 0 unspecified atom stereocenters. The smallest absolute Gasteiger partial charge is 0.234 e. The van der Waals surface area contributed by atoms with Gasteiger partial charge in [-0.2, -0.15) is 0 Å². The van der Waals surface area contributed by atoms with E-state index in [0.29, 0.717) is 18.1 Å². The molecule has 0 radical (unpaired) electrons. The molecule has 6 nitrogen and oxygen atoms in total. The Bertz CT molecular complexity index is 1010. The molecule has 4 rings (SSSR count). The Kier molecular flexibility index (Phi) is 6.79. The van der Waals surface area contributed by atoms with Gasteiger partial charge in [-0.1, -0.05) is 23.7 Å². The number of piperazine rings is 1. The van der Waals surface area contributed by atoms with Gasteiger partial charge in [0.25, 0.3) is 0 Å². The topological polar surface area (TPSA) is 58.0 Å². The summed E-state index contributed by atoms with van der Waals surface area (Å²) in [6, 6.07) is 19.3. The van der Waals surface area contributed by atoms with Crippen molar-refractivity contribution in [2.45, 2.75) is 6.54 Å². The number of nitrogens with zero attached hydrogens (tertiary/aromatic N) is 2. The molecule has 0 atom stereocenters.